The van der Waals surface area contributed by atoms with E-state index in [9.17, 15) is 29.8 Å². The molecule has 3 aromatic carbocycles. The Morgan fingerprint density at radius 3 is 2.43 bits per heavy atom. The van der Waals surface area contributed by atoms with Crippen LogP contribution >= 0.6 is 0 Å². The number of non-ortho nitro benzene ring substituents is 1. The zero-order chi connectivity index (χ0) is 25.5. The van der Waals surface area contributed by atoms with Crippen molar-refractivity contribution in [1.82, 2.24) is 5.43 Å². The number of benzene rings is 3. The minimum atomic E-state index is -0.976. The molecule has 178 valence electrons. The second-order valence-corrected chi connectivity index (χ2v) is 7.31. The van der Waals surface area contributed by atoms with E-state index >= 15 is 0 Å². The van der Waals surface area contributed by atoms with Crippen molar-refractivity contribution in [3.05, 3.63) is 97.6 Å². The summed E-state index contributed by atoms with van der Waals surface area (Å²) in [5.74, 6) is -1.87. The molecule has 0 heterocycles. The fourth-order valence-electron chi connectivity index (χ4n) is 2.90. The molecule has 2 N–H and O–H groups in total. The van der Waals surface area contributed by atoms with Gasteiger partial charge in [-0.25, -0.2) is 5.43 Å². The molecule has 3 rings (SSSR count). The summed E-state index contributed by atoms with van der Waals surface area (Å²) >= 11 is 0. The molecule has 0 radical (unpaired) electrons. The SMILES string of the molecule is Cc1ccc(C)c(NC(=O)C(=O)NN=Cc2cccc(Oc3ccc([N+](=O)[O-])cc3[N+](=O)[O-])c2)c1. The maximum absolute atomic E-state index is 12.1. The van der Waals surface area contributed by atoms with Gasteiger partial charge in [0.25, 0.3) is 5.69 Å². The van der Waals surface area contributed by atoms with Gasteiger partial charge in [-0.2, -0.15) is 5.10 Å². The average Bonchev–Trinajstić information content (AvgIpc) is 2.81. The Kier molecular flexibility index (Phi) is 7.46. The van der Waals surface area contributed by atoms with Crippen LogP contribution in [0.3, 0.4) is 0 Å². The Morgan fingerprint density at radius 2 is 1.71 bits per heavy atom. The highest BCUT2D eigenvalue weighted by atomic mass is 16.6. The molecule has 0 bridgehead atoms. The standard InChI is InChI=1S/C23H19N5O7/c1-14-6-7-15(2)19(10-14)25-22(29)23(30)26-24-13-16-4-3-5-18(11-16)35-21-9-8-17(27(31)32)12-20(21)28(33)34/h3-13H,1-2H3,(H,25,29)(H,26,30). The van der Waals surface area contributed by atoms with Crippen LogP contribution in [0.4, 0.5) is 17.1 Å². The van der Waals surface area contributed by atoms with Gasteiger partial charge in [-0.05, 0) is 54.8 Å². The van der Waals surface area contributed by atoms with Crippen molar-refractivity contribution in [1.29, 1.82) is 0 Å². The van der Waals surface area contributed by atoms with Gasteiger partial charge in [0.2, 0.25) is 5.75 Å². The predicted octanol–water partition coefficient (Wildman–Crippen LogP) is 4.00. The third kappa shape index (κ3) is 6.44. The maximum atomic E-state index is 12.1. The minimum absolute atomic E-state index is 0.185. The summed E-state index contributed by atoms with van der Waals surface area (Å²) in [6, 6.07) is 14.6. The Labute approximate surface area is 198 Å². The van der Waals surface area contributed by atoms with Gasteiger partial charge in [0.15, 0.2) is 0 Å². The molecule has 2 amide bonds. The van der Waals surface area contributed by atoms with E-state index in [0.29, 0.717) is 11.3 Å². The first-order valence-electron chi connectivity index (χ1n) is 10.1. The van der Waals surface area contributed by atoms with E-state index in [4.69, 9.17) is 4.74 Å². The van der Waals surface area contributed by atoms with Crippen LogP contribution in [0.2, 0.25) is 0 Å². The number of aryl methyl sites for hydroxylation is 2. The van der Waals surface area contributed by atoms with Crippen LogP contribution in [-0.2, 0) is 9.59 Å². The van der Waals surface area contributed by atoms with Crippen LogP contribution in [0.5, 0.6) is 11.5 Å². The van der Waals surface area contributed by atoms with Crippen molar-refractivity contribution in [3.63, 3.8) is 0 Å². The van der Waals surface area contributed by atoms with E-state index in [2.05, 4.69) is 15.8 Å². The van der Waals surface area contributed by atoms with E-state index in [-0.39, 0.29) is 11.5 Å². The maximum Gasteiger partial charge on any atom is 0.329 e. The van der Waals surface area contributed by atoms with Gasteiger partial charge in [0.05, 0.1) is 22.1 Å². The normalized spacial score (nSPS) is 10.6. The number of nitro benzene ring substituents is 2. The molecular formula is C23H19N5O7. The fraction of sp³-hybridized carbons (Fsp3) is 0.0870. The topological polar surface area (TPSA) is 166 Å². The highest BCUT2D eigenvalue weighted by Gasteiger charge is 2.21. The summed E-state index contributed by atoms with van der Waals surface area (Å²) < 4.78 is 5.52. The molecular weight excluding hydrogens is 458 g/mol. The fourth-order valence-corrected chi connectivity index (χ4v) is 2.90. The van der Waals surface area contributed by atoms with Crippen LogP contribution in [0.25, 0.3) is 0 Å². The lowest BCUT2D eigenvalue weighted by molar-refractivity contribution is -0.394. The number of nitrogens with one attached hydrogen (secondary N) is 2. The van der Waals surface area contributed by atoms with Gasteiger partial charge in [-0.15, -0.1) is 0 Å². The first-order chi connectivity index (χ1) is 16.6. The van der Waals surface area contributed by atoms with Crippen LogP contribution in [0.15, 0.2) is 65.8 Å². The smallest absolute Gasteiger partial charge is 0.329 e. The molecule has 3 aromatic rings. The zero-order valence-corrected chi connectivity index (χ0v) is 18.6. The molecule has 0 fully saturated rings. The number of hydrazone groups is 1. The van der Waals surface area contributed by atoms with E-state index in [1.165, 1.54) is 18.3 Å². The molecule has 12 heteroatoms. The minimum Gasteiger partial charge on any atom is -0.450 e. The monoisotopic (exact) mass is 477 g/mol. The van der Waals surface area contributed by atoms with Crippen molar-refractivity contribution in [2.45, 2.75) is 13.8 Å². The highest BCUT2D eigenvalue weighted by Crippen LogP contribution is 2.34. The number of rotatable bonds is 7. The largest absolute Gasteiger partial charge is 0.450 e. The quantitative estimate of drug-likeness (QED) is 0.224. The number of carbonyl (C=O) groups excluding carboxylic acids is 2. The molecule has 0 saturated carbocycles. The van der Waals surface area contributed by atoms with E-state index in [1.54, 1.807) is 25.1 Å². The first-order valence-corrected chi connectivity index (χ1v) is 10.1. The van der Waals surface area contributed by atoms with Gasteiger partial charge in [0, 0.05) is 11.8 Å². The average molecular weight is 477 g/mol. The Bertz CT molecular complexity index is 1350. The summed E-state index contributed by atoms with van der Waals surface area (Å²) in [6.45, 7) is 3.66. The van der Waals surface area contributed by atoms with Crippen LogP contribution < -0.4 is 15.5 Å². The van der Waals surface area contributed by atoms with Gasteiger partial charge < -0.3 is 10.1 Å². The molecule has 35 heavy (non-hydrogen) atoms. The molecule has 0 aliphatic carbocycles. The second-order valence-electron chi connectivity index (χ2n) is 7.31. The van der Waals surface area contributed by atoms with Crippen molar-refractivity contribution < 1.29 is 24.2 Å². The van der Waals surface area contributed by atoms with E-state index < -0.39 is 33.0 Å². The number of amides is 2. The van der Waals surface area contributed by atoms with Crippen molar-refractivity contribution in [2.75, 3.05) is 5.32 Å². The third-order valence-electron chi connectivity index (χ3n) is 4.66. The van der Waals surface area contributed by atoms with Crippen molar-refractivity contribution in [3.8, 4) is 11.5 Å². The summed E-state index contributed by atoms with van der Waals surface area (Å²) in [7, 11) is 0. The molecule has 0 aliphatic heterocycles. The number of anilines is 1. The number of nitrogens with zero attached hydrogens (tertiary/aromatic N) is 3. The lowest BCUT2D eigenvalue weighted by atomic mass is 10.1. The van der Waals surface area contributed by atoms with Crippen molar-refractivity contribution >= 4 is 35.1 Å². The molecule has 12 nitrogen and oxygen atoms in total. The lowest BCUT2D eigenvalue weighted by Crippen LogP contribution is -2.32. The number of hydrogen-bond donors (Lipinski definition) is 2. The summed E-state index contributed by atoms with van der Waals surface area (Å²) in [4.78, 5) is 44.8. The number of hydrogen-bond acceptors (Lipinski definition) is 8. The van der Waals surface area contributed by atoms with Crippen LogP contribution in [0, 0.1) is 34.1 Å². The first kappa shape index (κ1) is 24.5. The Hall–Kier alpha value is -5.13. The lowest BCUT2D eigenvalue weighted by Gasteiger charge is -2.08. The highest BCUT2D eigenvalue weighted by molar-refractivity contribution is 6.39. The molecule has 0 unspecified atom stereocenters. The molecule has 0 spiro atoms. The number of ether oxygens (including phenoxy) is 1. The summed E-state index contributed by atoms with van der Waals surface area (Å²) in [6.07, 6.45) is 1.25. The number of carbonyl (C=O) groups is 2. The Balaban J connectivity index is 1.66. The van der Waals surface area contributed by atoms with Gasteiger partial charge in [-0.3, -0.25) is 29.8 Å². The molecule has 0 atom stereocenters. The number of nitro groups is 2. The Morgan fingerprint density at radius 1 is 0.943 bits per heavy atom. The van der Waals surface area contributed by atoms with Gasteiger partial charge in [-0.1, -0.05) is 24.3 Å². The predicted molar refractivity (Wildman–Crippen MR) is 127 cm³/mol. The summed E-state index contributed by atoms with van der Waals surface area (Å²) in [5, 5.41) is 28.4. The zero-order valence-electron chi connectivity index (χ0n) is 18.6. The van der Waals surface area contributed by atoms with Gasteiger partial charge >= 0.3 is 17.5 Å². The molecule has 0 aliphatic rings. The molecule has 0 aromatic heterocycles. The van der Waals surface area contributed by atoms with Crippen LogP contribution in [-0.4, -0.2) is 27.9 Å². The second kappa shape index (κ2) is 10.7. The molecule has 0 saturated heterocycles. The van der Waals surface area contributed by atoms with Gasteiger partial charge in [0.1, 0.15) is 5.75 Å². The van der Waals surface area contributed by atoms with E-state index in [0.717, 1.165) is 29.3 Å². The van der Waals surface area contributed by atoms with Crippen molar-refractivity contribution in [2.24, 2.45) is 5.10 Å². The van der Waals surface area contributed by atoms with E-state index in [1.807, 2.05) is 19.1 Å². The van der Waals surface area contributed by atoms with Crippen LogP contribution in [0.1, 0.15) is 16.7 Å². The summed E-state index contributed by atoms with van der Waals surface area (Å²) in [5.41, 5.74) is 3.79. The third-order valence-corrected chi connectivity index (χ3v) is 4.66.